The van der Waals surface area contributed by atoms with Crippen LogP contribution in [0.3, 0.4) is 0 Å². The number of aromatic nitrogens is 4. The van der Waals surface area contributed by atoms with E-state index < -0.39 is 23.4 Å². The number of hydrogen-bond donors (Lipinski definition) is 1. The number of alkyl halides is 3. The minimum Gasteiger partial charge on any atom is -0.378 e. The molecule has 1 saturated heterocycles. The van der Waals surface area contributed by atoms with Crippen molar-refractivity contribution < 1.29 is 26.7 Å². The summed E-state index contributed by atoms with van der Waals surface area (Å²) in [4.78, 5) is 9.83. The summed E-state index contributed by atoms with van der Waals surface area (Å²) in [5.41, 5.74) is -0.813. The van der Waals surface area contributed by atoms with E-state index in [1.807, 2.05) is 0 Å². The summed E-state index contributed by atoms with van der Waals surface area (Å²) in [7, 11) is 0. The Kier molecular flexibility index (Phi) is 5.24. The first kappa shape index (κ1) is 20.0. The Balaban J connectivity index is 1.63. The van der Waals surface area contributed by atoms with E-state index in [2.05, 4.69) is 20.4 Å². The van der Waals surface area contributed by atoms with Gasteiger partial charge in [-0.3, -0.25) is 0 Å². The van der Waals surface area contributed by atoms with Crippen molar-refractivity contribution in [2.75, 3.05) is 36.5 Å². The van der Waals surface area contributed by atoms with Crippen molar-refractivity contribution in [3.8, 4) is 5.69 Å². The first-order valence-electron chi connectivity index (χ1n) is 8.85. The van der Waals surface area contributed by atoms with Crippen molar-refractivity contribution in [3.05, 3.63) is 53.9 Å². The molecule has 3 heterocycles. The summed E-state index contributed by atoms with van der Waals surface area (Å²) < 4.78 is 73.2. The molecular weight excluding hydrogens is 411 g/mol. The highest BCUT2D eigenvalue weighted by atomic mass is 19.4. The number of nitrogens with one attached hydrogen (secondary N) is 1. The van der Waals surface area contributed by atoms with Gasteiger partial charge >= 0.3 is 6.18 Å². The predicted molar refractivity (Wildman–Crippen MR) is 96.8 cm³/mol. The van der Waals surface area contributed by atoms with Crippen molar-refractivity contribution in [2.45, 2.75) is 6.18 Å². The Hall–Kier alpha value is -3.28. The van der Waals surface area contributed by atoms with E-state index in [1.165, 1.54) is 6.33 Å². The van der Waals surface area contributed by atoms with Crippen LogP contribution in [0.5, 0.6) is 0 Å². The van der Waals surface area contributed by atoms with E-state index in [0.717, 1.165) is 28.9 Å². The lowest BCUT2D eigenvalue weighted by atomic mass is 10.2. The molecule has 7 nitrogen and oxygen atoms in total. The van der Waals surface area contributed by atoms with Crippen molar-refractivity contribution >= 4 is 17.6 Å². The average molecular weight is 426 g/mol. The Morgan fingerprint density at radius 2 is 1.67 bits per heavy atom. The Morgan fingerprint density at radius 3 is 2.33 bits per heavy atom. The molecule has 3 aromatic rings. The van der Waals surface area contributed by atoms with Gasteiger partial charge < -0.3 is 15.0 Å². The quantitative estimate of drug-likeness (QED) is 0.644. The molecule has 12 heteroatoms. The minimum absolute atomic E-state index is 0.0686. The van der Waals surface area contributed by atoms with E-state index in [1.54, 1.807) is 4.90 Å². The van der Waals surface area contributed by atoms with Crippen LogP contribution >= 0.6 is 0 Å². The molecule has 158 valence electrons. The summed E-state index contributed by atoms with van der Waals surface area (Å²) in [6.07, 6.45) is -3.40. The SMILES string of the molecule is Fc1cc(F)cc(-n2cnc(Nc3cc(C(F)(F)F)cc(N4CCOCC4)n3)n2)c1. The van der Waals surface area contributed by atoms with Crippen molar-refractivity contribution in [1.82, 2.24) is 19.7 Å². The first-order chi connectivity index (χ1) is 14.3. The second-order valence-electron chi connectivity index (χ2n) is 6.46. The zero-order valence-electron chi connectivity index (χ0n) is 15.3. The Morgan fingerprint density at radius 1 is 0.967 bits per heavy atom. The second-order valence-corrected chi connectivity index (χ2v) is 6.46. The third kappa shape index (κ3) is 4.48. The third-order valence-electron chi connectivity index (χ3n) is 4.32. The maximum atomic E-state index is 13.4. The number of nitrogens with zero attached hydrogens (tertiary/aromatic N) is 5. The van der Waals surface area contributed by atoms with E-state index in [0.29, 0.717) is 32.4 Å². The van der Waals surface area contributed by atoms with Gasteiger partial charge in [0.15, 0.2) is 0 Å². The molecule has 0 bridgehead atoms. The molecule has 0 atom stereocenters. The van der Waals surface area contributed by atoms with E-state index in [9.17, 15) is 22.0 Å². The molecular formula is C18H15F5N6O. The number of pyridine rings is 1. The van der Waals surface area contributed by atoms with Gasteiger partial charge in [0.25, 0.3) is 0 Å². The van der Waals surface area contributed by atoms with Gasteiger partial charge in [-0.1, -0.05) is 0 Å². The smallest absolute Gasteiger partial charge is 0.378 e. The zero-order valence-corrected chi connectivity index (χ0v) is 15.3. The summed E-state index contributed by atoms with van der Waals surface area (Å²) in [5, 5.41) is 6.61. The fraction of sp³-hybridized carbons (Fsp3) is 0.278. The van der Waals surface area contributed by atoms with Crippen LogP contribution in [0.2, 0.25) is 0 Å². The van der Waals surface area contributed by atoms with Gasteiger partial charge in [-0.2, -0.15) is 18.2 Å². The van der Waals surface area contributed by atoms with Crippen LogP contribution in [0.25, 0.3) is 5.69 Å². The highest BCUT2D eigenvalue weighted by Gasteiger charge is 2.32. The maximum Gasteiger partial charge on any atom is 0.416 e. The summed E-state index contributed by atoms with van der Waals surface area (Å²) >= 11 is 0. The number of ether oxygens (including phenoxy) is 1. The maximum absolute atomic E-state index is 13.4. The molecule has 0 unspecified atom stereocenters. The van der Waals surface area contributed by atoms with Gasteiger partial charge in [-0.25, -0.2) is 18.4 Å². The molecule has 4 rings (SSSR count). The fourth-order valence-corrected chi connectivity index (χ4v) is 2.93. The highest BCUT2D eigenvalue weighted by Crippen LogP contribution is 2.33. The molecule has 30 heavy (non-hydrogen) atoms. The molecule has 0 spiro atoms. The topological polar surface area (TPSA) is 68.1 Å². The van der Waals surface area contributed by atoms with Gasteiger partial charge in [0.05, 0.1) is 24.5 Å². The van der Waals surface area contributed by atoms with Crippen LogP contribution in [0.1, 0.15) is 5.56 Å². The largest absolute Gasteiger partial charge is 0.416 e. The van der Waals surface area contributed by atoms with E-state index in [-0.39, 0.29) is 23.3 Å². The van der Waals surface area contributed by atoms with E-state index >= 15 is 0 Å². The Labute approximate surface area is 167 Å². The first-order valence-corrected chi connectivity index (χ1v) is 8.85. The van der Waals surface area contributed by atoms with Crippen LogP contribution in [-0.4, -0.2) is 46.1 Å². The van der Waals surface area contributed by atoms with Crippen LogP contribution in [0, 0.1) is 11.6 Å². The van der Waals surface area contributed by atoms with Crippen molar-refractivity contribution in [2.24, 2.45) is 0 Å². The van der Waals surface area contributed by atoms with Crippen molar-refractivity contribution in [1.29, 1.82) is 0 Å². The molecule has 1 fully saturated rings. The molecule has 0 saturated carbocycles. The molecule has 0 aliphatic carbocycles. The van der Waals surface area contributed by atoms with E-state index in [4.69, 9.17) is 4.74 Å². The second kappa shape index (κ2) is 7.86. The number of benzene rings is 1. The lowest BCUT2D eigenvalue weighted by Crippen LogP contribution is -2.37. The summed E-state index contributed by atoms with van der Waals surface area (Å²) in [6.45, 7) is 1.59. The van der Waals surface area contributed by atoms with Crippen LogP contribution < -0.4 is 10.2 Å². The predicted octanol–water partition coefficient (Wildman–Crippen LogP) is 3.54. The van der Waals surface area contributed by atoms with Gasteiger partial charge in [0.2, 0.25) is 5.95 Å². The van der Waals surface area contributed by atoms with Gasteiger partial charge in [-0.15, -0.1) is 5.10 Å². The molecule has 1 N–H and O–H groups in total. The number of halogens is 5. The lowest BCUT2D eigenvalue weighted by Gasteiger charge is -2.28. The Bertz CT molecular complexity index is 1030. The molecule has 0 amide bonds. The lowest BCUT2D eigenvalue weighted by molar-refractivity contribution is -0.137. The van der Waals surface area contributed by atoms with Gasteiger partial charge in [0, 0.05) is 19.2 Å². The molecule has 2 aromatic heterocycles. The number of hydrogen-bond acceptors (Lipinski definition) is 6. The standard InChI is InChI=1S/C18H15F5N6O/c19-12-7-13(20)9-14(8-12)29-10-24-17(27-29)26-15-5-11(18(21,22)23)6-16(25-15)28-1-3-30-4-2-28/h5-10H,1-4H2,(H,25,26,27). The van der Waals surface area contributed by atoms with Crippen LogP contribution in [0.4, 0.5) is 39.5 Å². The monoisotopic (exact) mass is 426 g/mol. The highest BCUT2D eigenvalue weighted by molar-refractivity contribution is 5.56. The molecule has 1 aromatic carbocycles. The molecule has 1 aliphatic heterocycles. The number of morpholine rings is 1. The molecule has 0 radical (unpaired) electrons. The number of anilines is 3. The van der Waals surface area contributed by atoms with Gasteiger partial charge in [-0.05, 0) is 24.3 Å². The molecule has 1 aliphatic rings. The average Bonchev–Trinajstić information content (AvgIpc) is 3.15. The summed E-state index contributed by atoms with van der Waals surface area (Å²) in [5.74, 6) is -1.66. The van der Waals surface area contributed by atoms with Gasteiger partial charge in [0.1, 0.15) is 29.6 Å². The third-order valence-corrected chi connectivity index (χ3v) is 4.32. The van der Waals surface area contributed by atoms with Crippen molar-refractivity contribution in [3.63, 3.8) is 0 Å². The van der Waals surface area contributed by atoms with Crippen LogP contribution in [-0.2, 0) is 10.9 Å². The van der Waals surface area contributed by atoms with Crippen LogP contribution in [0.15, 0.2) is 36.7 Å². The zero-order chi connectivity index (χ0) is 21.3. The fourth-order valence-electron chi connectivity index (χ4n) is 2.93. The number of rotatable bonds is 4. The summed E-state index contributed by atoms with van der Waals surface area (Å²) in [6, 6.07) is 4.60. The minimum atomic E-state index is -4.58. The normalized spacial score (nSPS) is 14.8.